The van der Waals surface area contributed by atoms with Gasteiger partial charge >= 0.3 is 0 Å². The van der Waals surface area contributed by atoms with E-state index in [1.807, 2.05) is 20.0 Å². The maximum Gasteiger partial charge on any atom is 0.125 e. The van der Waals surface area contributed by atoms with Gasteiger partial charge in [0.25, 0.3) is 0 Å². The summed E-state index contributed by atoms with van der Waals surface area (Å²) < 4.78 is 12.9. The standard InChI is InChI=1S/C12H20N2O3/c1-3-17-12(5-8-16-9-6-12)11(15)10-4-7-13-14(10)2/h4,7,11,15H,3,5-6,8-9H2,1-2H3. The van der Waals surface area contributed by atoms with Crippen molar-refractivity contribution in [3.63, 3.8) is 0 Å². The lowest BCUT2D eigenvalue weighted by Crippen LogP contribution is -2.45. The fourth-order valence-corrected chi connectivity index (χ4v) is 2.42. The van der Waals surface area contributed by atoms with Crippen LogP contribution in [-0.2, 0) is 16.5 Å². The van der Waals surface area contributed by atoms with E-state index in [4.69, 9.17) is 9.47 Å². The molecule has 0 saturated carbocycles. The van der Waals surface area contributed by atoms with E-state index in [0.717, 1.165) is 5.69 Å². The van der Waals surface area contributed by atoms with Crippen molar-refractivity contribution in [2.24, 2.45) is 7.05 Å². The molecular formula is C12H20N2O3. The van der Waals surface area contributed by atoms with E-state index in [2.05, 4.69) is 5.10 Å². The number of hydrogen-bond donors (Lipinski definition) is 1. The summed E-state index contributed by atoms with van der Waals surface area (Å²) in [6.07, 6.45) is 2.47. The Bertz CT molecular complexity index is 353. The first-order chi connectivity index (χ1) is 8.19. The molecule has 1 unspecified atom stereocenters. The number of hydrogen-bond acceptors (Lipinski definition) is 4. The maximum absolute atomic E-state index is 10.6. The van der Waals surface area contributed by atoms with Gasteiger partial charge in [0.05, 0.1) is 5.69 Å². The van der Waals surface area contributed by atoms with Crippen LogP contribution < -0.4 is 0 Å². The van der Waals surface area contributed by atoms with Crippen LogP contribution in [0.5, 0.6) is 0 Å². The smallest absolute Gasteiger partial charge is 0.125 e. The Kier molecular flexibility index (Phi) is 3.81. The van der Waals surface area contributed by atoms with Gasteiger partial charge in [-0.05, 0) is 13.0 Å². The first-order valence-corrected chi connectivity index (χ1v) is 6.07. The van der Waals surface area contributed by atoms with Gasteiger partial charge in [0.15, 0.2) is 0 Å². The zero-order valence-corrected chi connectivity index (χ0v) is 10.4. The van der Waals surface area contributed by atoms with Crippen molar-refractivity contribution in [2.45, 2.75) is 31.5 Å². The lowest BCUT2D eigenvalue weighted by atomic mass is 9.86. The summed E-state index contributed by atoms with van der Waals surface area (Å²) in [7, 11) is 1.83. The van der Waals surface area contributed by atoms with Crippen molar-refractivity contribution in [1.82, 2.24) is 9.78 Å². The number of aryl methyl sites for hydroxylation is 1. The molecular weight excluding hydrogens is 220 g/mol. The molecule has 0 spiro atoms. The highest BCUT2D eigenvalue weighted by molar-refractivity contribution is 5.11. The molecule has 1 aromatic rings. The summed E-state index contributed by atoms with van der Waals surface area (Å²) in [6.45, 7) is 3.81. The SMILES string of the molecule is CCOC1(C(O)c2ccnn2C)CCOCC1. The molecule has 1 fully saturated rings. The van der Waals surface area contributed by atoms with Gasteiger partial charge in [-0.15, -0.1) is 0 Å². The summed E-state index contributed by atoms with van der Waals surface area (Å²) in [4.78, 5) is 0. The summed E-state index contributed by atoms with van der Waals surface area (Å²) >= 11 is 0. The molecule has 0 aliphatic carbocycles. The number of aliphatic hydroxyl groups excluding tert-OH is 1. The molecule has 1 saturated heterocycles. The van der Waals surface area contributed by atoms with Crippen molar-refractivity contribution in [1.29, 1.82) is 0 Å². The van der Waals surface area contributed by atoms with E-state index < -0.39 is 11.7 Å². The van der Waals surface area contributed by atoms with Gasteiger partial charge in [-0.2, -0.15) is 5.10 Å². The van der Waals surface area contributed by atoms with E-state index >= 15 is 0 Å². The minimum Gasteiger partial charge on any atom is -0.384 e. The number of aromatic nitrogens is 2. The van der Waals surface area contributed by atoms with Gasteiger partial charge in [-0.1, -0.05) is 0 Å². The molecule has 0 aromatic carbocycles. The van der Waals surface area contributed by atoms with Crippen LogP contribution in [0, 0.1) is 0 Å². The third-order valence-electron chi connectivity index (χ3n) is 3.41. The summed E-state index contributed by atoms with van der Waals surface area (Å²) in [5, 5.41) is 14.6. The Morgan fingerprint density at radius 1 is 1.59 bits per heavy atom. The molecule has 0 bridgehead atoms. The lowest BCUT2D eigenvalue weighted by Gasteiger charge is -2.40. The Hall–Kier alpha value is -0.910. The Labute approximate surface area is 101 Å². The molecule has 0 radical (unpaired) electrons. The third-order valence-corrected chi connectivity index (χ3v) is 3.41. The molecule has 1 N–H and O–H groups in total. The predicted octanol–water partition coefficient (Wildman–Crippen LogP) is 1.04. The molecule has 2 rings (SSSR count). The Morgan fingerprint density at radius 2 is 2.29 bits per heavy atom. The highest BCUT2D eigenvalue weighted by Crippen LogP contribution is 2.37. The van der Waals surface area contributed by atoms with Crippen LogP contribution in [0.4, 0.5) is 0 Å². The predicted molar refractivity (Wildman–Crippen MR) is 62.6 cm³/mol. The molecule has 1 atom stereocenters. The van der Waals surface area contributed by atoms with Crippen LogP contribution in [0.15, 0.2) is 12.3 Å². The van der Waals surface area contributed by atoms with Gasteiger partial charge < -0.3 is 14.6 Å². The van der Waals surface area contributed by atoms with E-state index in [1.54, 1.807) is 10.9 Å². The van der Waals surface area contributed by atoms with Gasteiger partial charge in [0, 0.05) is 45.9 Å². The van der Waals surface area contributed by atoms with Crippen LogP contribution in [0.2, 0.25) is 0 Å². The molecule has 0 amide bonds. The molecule has 1 aliphatic heterocycles. The molecule has 1 aromatic heterocycles. The lowest BCUT2D eigenvalue weighted by molar-refractivity contribution is -0.169. The average molecular weight is 240 g/mol. The minimum atomic E-state index is -0.654. The van der Waals surface area contributed by atoms with Gasteiger partial charge in [0.1, 0.15) is 11.7 Å². The maximum atomic E-state index is 10.6. The molecule has 96 valence electrons. The van der Waals surface area contributed by atoms with Crippen molar-refractivity contribution >= 4 is 0 Å². The summed E-state index contributed by atoms with van der Waals surface area (Å²) in [5.74, 6) is 0. The van der Waals surface area contributed by atoms with Gasteiger partial charge in [0.2, 0.25) is 0 Å². The zero-order chi connectivity index (χ0) is 12.3. The Balaban J connectivity index is 2.23. The quantitative estimate of drug-likeness (QED) is 0.854. The van der Waals surface area contributed by atoms with Crippen LogP contribution >= 0.6 is 0 Å². The summed E-state index contributed by atoms with van der Waals surface area (Å²) in [5.41, 5.74) is 0.265. The minimum absolute atomic E-state index is 0.527. The van der Waals surface area contributed by atoms with Crippen molar-refractivity contribution in [3.8, 4) is 0 Å². The first-order valence-electron chi connectivity index (χ1n) is 6.07. The monoisotopic (exact) mass is 240 g/mol. The molecule has 1 aliphatic rings. The van der Waals surface area contributed by atoms with Gasteiger partial charge in [-0.25, -0.2) is 0 Å². The number of aliphatic hydroxyl groups is 1. The van der Waals surface area contributed by atoms with Crippen LogP contribution in [0.1, 0.15) is 31.6 Å². The fourth-order valence-electron chi connectivity index (χ4n) is 2.42. The van der Waals surface area contributed by atoms with Crippen LogP contribution in [-0.4, -0.2) is 40.3 Å². The topological polar surface area (TPSA) is 56.5 Å². The average Bonchev–Trinajstić information content (AvgIpc) is 2.76. The second-order valence-electron chi connectivity index (χ2n) is 4.39. The number of ether oxygens (including phenoxy) is 2. The largest absolute Gasteiger partial charge is 0.384 e. The zero-order valence-electron chi connectivity index (χ0n) is 10.4. The molecule has 5 nitrogen and oxygen atoms in total. The van der Waals surface area contributed by atoms with E-state index in [0.29, 0.717) is 32.7 Å². The normalized spacial score (nSPS) is 21.4. The molecule has 2 heterocycles. The number of rotatable bonds is 4. The fraction of sp³-hybridized carbons (Fsp3) is 0.750. The van der Waals surface area contributed by atoms with Crippen molar-refractivity contribution in [3.05, 3.63) is 18.0 Å². The third kappa shape index (κ3) is 2.36. The highest BCUT2D eigenvalue weighted by Gasteiger charge is 2.42. The first kappa shape index (κ1) is 12.5. The van der Waals surface area contributed by atoms with Crippen molar-refractivity contribution < 1.29 is 14.6 Å². The van der Waals surface area contributed by atoms with Gasteiger partial charge in [-0.3, -0.25) is 4.68 Å². The van der Waals surface area contributed by atoms with E-state index in [-0.39, 0.29) is 0 Å². The van der Waals surface area contributed by atoms with E-state index in [9.17, 15) is 5.11 Å². The van der Waals surface area contributed by atoms with Crippen molar-refractivity contribution in [2.75, 3.05) is 19.8 Å². The molecule has 17 heavy (non-hydrogen) atoms. The Morgan fingerprint density at radius 3 is 2.82 bits per heavy atom. The second kappa shape index (κ2) is 5.16. The molecule has 5 heteroatoms. The number of nitrogens with zero attached hydrogens (tertiary/aromatic N) is 2. The van der Waals surface area contributed by atoms with E-state index in [1.165, 1.54) is 0 Å². The summed E-state index contributed by atoms with van der Waals surface area (Å²) in [6, 6.07) is 1.83. The van der Waals surface area contributed by atoms with Crippen LogP contribution in [0.25, 0.3) is 0 Å². The second-order valence-corrected chi connectivity index (χ2v) is 4.39. The van der Waals surface area contributed by atoms with Crippen LogP contribution in [0.3, 0.4) is 0 Å². The highest BCUT2D eigenvalue weighted by atomic mass is 16.5.